The van der Waals surface area contributed by atoms with Crippen molar-refractivity contribution in [2.75, 3.05) is 0 Å². The van der Waals surface area contributed by atoms with Gasteiger partial charge in [0.05, 0.1) is 5.57 Å². The lowest BCUT2D eigenvalue weighted by Crippen LogP contribution is -2.23. The predicted molar refractivity (Wildman–Crippen MR) is 80.8 cm³/mol. The lowest BCUT2D eigenvalue weighted by molar-refractivity contribution is -0.111. The number of aliphatic hydroxyl groups is 1. The highest BCUT2D eigenvalue weighted by Gasteiger charge is 2.30. The largest absolute Gasteiger partial charge is 0.507 e. The van der Waals surface area contributed by atoms with Crippen molar-refractivity contribution in [3.63, 3.8) is 0 Å². The van der Waals surface area contributed by atoms with Crippen LogP contribution in [0.4, 0.5) is 0 Å². The van der Waals surface area contributed by atoms with Crippen LogP contribution in [-0.2, 0) is 4.79 Å². The zero-order chi connectivity index (χ0) is 14.8. The Hall–Kier alpha value is -2.94. The van der Waals surface area contributed by atoms with Crippen LogP contribution < -0.4 is 0 Å². The number of aliphatic hydroxyl groups excluding tert-OH is 1. The third-order valence-electron chi connectivity index (χ3n) is 3.37. The number of benzene rings is 2. The maximum atomic E-state index is 12.1. The van der Waals surface area contributed by atoms with Crippen molar-refractivity contribution in [2.24, 2.45) is 0 Å². The van der Waals surface area contributed by atoms with Gasteiger partial charge in [0, 0.05) is 11.1 Å². The number of carbonyl (C=O) groups excluding carboxylic acids is 2. The second-order valence-corrected chi connectivity index (χ2v) is 4.71. The summed E-state index contributed by atoms with van der Waals surface area (Å²) in [6, 6.07) is 15.9. The first-order valence-electron chi connectivity index (χ1n) is 6.53. The van der Waals surface area contributed by atoms with Gasteiger partial charge in [-0.15, -0.1) is 0 Å². The van der Waals surface area contributed by atoms with Crippen LogP contribution in [0.25, 0.3) is 11.8 Å². The summed E-state index contributed by atoms with van der Waals surface area (Å²) in [5.74, 6) is -1.42. The van der Waals surface area contributed by atoms with Crippen LogP contribution in [0.15, 0.2) is 66.2 Å². The van der Waals surface area contributed by atoms with Crippen LogP contribution in [0.2, 0.25) is 0 Å². The zero-order valence-electron chi connectivity index (χ0n) is 11.1. The molecule has 3 heteroatoms. The average Bonchev–Trinajstić information content (AvgIpc) is 2.54. The molecule has 0 saturated carbocycles. The maximum Gasteiger partial charge on any atom is 0.237 e. The van der Waals surface area contributed by atoms with Gasteiger partial charge in [0.15, 0.2) is 0 Å². The smallest absolute Gasteiger partial charge is 0.237 e. The highest BCUT2D eigenvalue weighted by Crippen LogP contribution is 2.28. The molecule has 0 saturated heterocycles. The Morgan fingerprint density at radius 3 is 2.05 bits per heavy atom. The van der Waals surface area contributed by atoms with Gasteiger partial charge in [-0.1, -0.05) is 60.7 Å². The van der Waals surface area contributed by atoms with Gasteiger partial charge in [-0.2, -0.15) is 0 Å². The summed E-state index contributed by atoms with van der Waals surface area (Å²) in [6.45, 7) is 0. The van der Waals surface area contributed by atoms with E-state index >= 15 is 0 Å². The Kier molecular flexibility index (Phi) is 3.24. The monoisotopic (exact) mass is 276 g/mol. The molecule has 2 aromatic carbocycles. The molecule has 1 N–H and O–H groups in total. The van der Waals surface area contributed by atoms with E-state index in [1.807, 2.05) is 30.3 Å². The highest BCUT2D eigenvalue weighted by atomic mass is 16.3. The van der Waals surface area contributed by atoms with Crippen LogP contribution >= 0.6 is 0 Å². The Morgan fingerprint density at radius 1 is 0.714 bits per heavy atom. The fraction of sp³-hybridized carbons (Fsp3) is 0. The molecule has 0 amide bonds. The van der Waals surface area contributed by atoms with Gasteiger partial charge in [0.25, 0.3) is 0 Å². The Balaban J connectivity index is 2.07. The molecule has 0 atom stereocenters. The molecule has 3 nitrogen and oxygen atoms in total. The van der Waals surface area contributed by atoms with E-state index in [2.05, 4.69) is 0 Å². The van der Waals surface area contributed by atoms with E-state index < -0.39 is 11.6 Å². The van der Waals surface area contributed by atoms with Crippen LogP contribution in [-0.4, -0.2) is 16.7 Å². The third-order valence-corrected chi connectivity index (χ3v) is 3.37. The standard InChI is InChI=1S/C18H12O3/c19-16-13-8-4-5-9-14(13)17(20)18(21)15(16)11-10-12-6-2-1-3-7-12/h1-11,19H. The second kappa shape index (κ2) is 5.21. The van der Waals surface area contributed by atoms with Gasteiger partial charge in [-0.3, -0.25) is 9.59 Å². The van der Waals surface area contributed by atoms with E-state index in [9.17, 15) is 14.7 Å². The van der Waals surface area contributed by atoms with E-state index in [4.69, 9.17) is 0 Å². The normalized spacial score (nSPS) is 14.7. The van der Waals surface area contributed by atoms with E-state index in [-0.39, 0.29) is 16.9 Å². The van der Waals surface area contributed by atoms with Crippen molar-refractivity contribution in [3.05, 3.63) is 82.9 Å². The van der Waals surface area contributed by atoms with Gasteiger partial charge in [0.1, 0.15) is 5.76 Å². The van der Waals surface area contributed by atoms with Crippen molar-refractivity contribution in [1.29, 1.82) is 0 Å². The number of Topliss-reactive ketones (excluding diaryl/α,β-unsaturated/α-hetero) is 2. The molecule has 0 bridgehead atoms. The molecule has 0 aromatic heterocycles. The van der Waals surface area contributed by atoms with Crippen molar-refractivity contribution >= 4 is 23.4 Å². The third kappa shape index (κ3) is 2.30. The minimum absolute atomic E-state index is 0.0301. The number of carbonyl (C=O) groups is 2. The number of hydrogen-bond donors (Lipinski definition) is 1. The van der Waals surface area contributed by atoms with Gasteiger partial charge in [-0.25, -0.2) is 0 Å². The summed E-state index contributed by atoms with van der Waals surface area (Å²) < 4.78 is 0. The van der Waals surface area contributed by atoms with E-state index in [1.165, 1.54) is 6.08 Å². The molecule has 21 heavy (non-hydrogen) atoms. The molecular weight excluding hydrogens is 264 g/mol. The molecular formula is C18H12O3. The van der Waals surface area contributed by atoms with Crippen molar-refractivity contribution in [2.45, 2.75) is 0 Å². The quantitative estimate of drug-likeness (QED) is 0.855. The van der Waals surface area contributed by atoms with Crippen LogP contribution in [0.1, 0.15) is 21.5 Å². The SMILES string of the molecule is O=C1C(=O)c2ccccc2C(O)=C1C=Cc1ccccc1. The summed E-state index contributed by atoms with van der Waals surface area (Å²) in [5.41, 5.74) is 1.56. The second-order valence-electron chi connectivity index (χ2n) is 4.71. The lowest BCUT2D eigenvalue weighted by atomic mass is 9.88. The first-order valence-corrected chi connectivity index (χ1v) is 6.53. The number of allylic oxidation sites excluding steroid dienone is 2. The molecule has 102 valence electrons. The summed E-state index contributed by atoms with van der Waals surface area (Å²) in [6.07, 6.45) is 3.19. The number of fused-ring (bicyclic) bond motifs is 1. The van der Waals surface area contributed by atoms with Gasteiger partial charge >= 0.3 is 0 Å². The molecule has 0 spiro atoms. The van der Waals surface area contributed by atoms with Crippen molar-refractivity contribution < 1.29 is 14.7 Å². The lowest BCUT2D eigenvalue weighted by Gasteiger charge is -2.15. The Bertz CT molecular complexity index is 783. The maximum absolute atomic E-state index is 12.1. The minimum Gasteiger partial charge on any atom is -0.507 e. The number of rotatable bonds is 2. The summed E-state index contributed by atoms with van der Waals surface area (Å²) in [7, 11) is 0. The topological polar surface area (TPSA) is 54.4 Å². The molecule has 0 radical (unpaired) electrons. The van der Waals surface area contributed by atoms with Crippen LogP contribution in [0.5, 0.6) is 0 Å². The molecule has 1 aliphatic rings. The molecule has 0 aliphatic heterocycles. The Morgan fingerprint density at radius 2 is 1.33 bits per heavy atom. The summed E-state index contributed by atoms with van der Waals surface area (Å²) >= 11 is 0. The molecule has 0 heterocycles. The molecule has 1 aliphatic carbocycles. The molecule has 0 fully saturated rings. The summed E-state index contributed by atoms with van der Waals surface area (Å²) in [5, 5.41) is 10.2. The number of hydrogen-bond acceptors (Lipinski definition) is 3. The van der Waals surface area contributed by atoms with Crippen LogP contribution in [0.3, 0.4) is 0 Å². The van der Waals surface area contributed by atoms with E-state index in [0.717, 1.165) is 5.56 Å². The fourth-order valence-corrected chi connectivity index (χ4v) is 2.28. The molecule has 3 rings (SSSR count). The molecule has 0 unspecified atom stereocenters. The average molecular weight is 276 g/mol. The van der Waals surface area contributed by atoms with E-state index in [1.54, 1.807) is 30.3 Å². The first kappa shape index (κ1) is 13.1. The van der Waals surface area contributed by atoms with Crippen molar-refractivity contribution in [1.82, 2.24) is 0 Å². The van der Waals surface area contributed by atoms with Gasteiger partial charge in [0.2, 0.25) is 11.6 Å². The van der Waals surface area contributed by atoms with Gasteiger partial charge < -0.3 is 5.11 Å². The predicted octanol–water partition coefficient (Wildman–Crippen LogP) is 3.43. The minimum atomic E-state index is -0.682. The molecule has 2 aromatic rings. The van der Waals surface area contributed by atoms with Crippen LogP contribution in [0, 0.1) is 0 Å². The highest BCUT2D eigenvalue weighted by molar-refractivity contribution is 6.52. The zero-order valence-corrected chi connectivity index (χ0v) is 11.1. The Labute approximate surface area is 121 Å². The van der Waals surface area contributed by atoms with Crippen molar-refractivity contribution in [3.8, 4) is 0 Å². The first-order chi connectivity index (χ1) is 10.2. The van der Waals surface area contributed by atoms with Gasteiger partial charge in [-0.05, 0) is 11.6 Å². The summed E-state index contributed by atoms with van der Waals surface area (Å²) in [4.78, 5) is 24.2. The van der Waals surface area contributed by atoms with E-state index in [0.29, 0.717) is 5.56 Å². The fourth-order valence-electron chi connectivity index (χ4n) is 2.28. The number of ketones is 2.